The van der Waals surface area contributed by atoms with E-state index >= 15 is 0 Å². The molecule has 0 aliphatic carbocycles. The van der Waals surface area contributed by atoms with E-state index in [2.05, 4.69) is 5.32 Å². The molecule has 0 bridgehead atoms. The summed E-state index contributed by atoms with van der Waals surface area (Å²) in [5.41, 5.74) is 7.18. The fourth-order valence-corrected chi connectivity index (χ4v) is 2.55. The molecule has 0 aliphatic heterocycles. The number of benzene rings is 1. The Balaban J connectivity index is 2.77. The summed E-state index contributed by atoms with van der Waals surface area (Å²) in [5.74, 6) is -0.107. The average Bonchev–Trinajstić information content (AvgIpc) is 2.41. The standard InChI is InChI=1S/C14H22N2O2S/c1-10(13(9-17)19-2)16-14(18)12-6-4-3-5-11(12)7-8-15/h3-6,10,13,17H,7-9,15H2,1-2H3,(H,16,18). The molecule has 2 unspecified atom stereocenters. The van der Waals surface area contributed by atoms with Gasteiger partial charge in [0.05, 0.1) is 6.61 Å². The molecule has 2 atom stereocenters. The van der Waals surface area contributed by atoms with Crippen molar-refractivity contribution in [3.63, 3.8) is 0 Å². The molecule has 19 heavy (non-hydrogen) atoms. The first-order valence-corrected chi connectivity index (χ1v) is 7.65. The van der Waals surface area contributed by atoms with Crippen LogP contribution in [0.4, 0.5) is 0 Å². The van der Waals surface area contributed by atoms with E-state index in [1.54, 1.807) is 17.8 Å². The van der Waals surface area contributed by atoms with Crippen molar-refractivity contribution in [1.29, 1.82) is 0 Å². The molecule has 0 saturated carbocycles. The second-order valence-corrected chi connectivity index (χ2v) is 5.49. The molecule has 4 N–H and O–H groups in total. The molecule has 1 aromatic carbocycles. The normalized spacial score (nSPS) is 13.9. The van der Waals surface area contributed by atoms with Gasteiger partial charge in [-0.1, -0.05) is 18.2 Å². The highest BCUT2D eigenvalue weighted by molar-refractivity contribution is 7.99. The van der Waals surface area contributed by atoms with Gasteiger partial charge in [0.2, 0.25) is 0 Å². The summed E-state index contributed by atoms with van der Waals surface area (Å²) in [6.07, 6.45) is 2.61. The van der Waals surface area contributed by atoms with E-state index in [1.165, 1.54) is 0 Å². The maximum Gasteiger partial charge on any atom is 0.251 e. The molecular weight excluding hydrogens is 260 g/mol. The third-order valence-electron chi connectivity index (χ3n) is 3.07. The number of nitrogens with two attached hydrogens (primary N) is 1. The number of aliphatic hydroxyl groups excluding tert-OH is 1. The Morgan fingerprint density at radius 1 is 1.47 bits per heavy atom. The van der Waals surface area contributed by atoms with Gasteiger partial charge in [0, 0.05) is 16.9 Å². The van der Waals surface area contributed by atoms with Gasteiger partial charge in [-0.25, -0.2) is 0 Å². The summed E-state index contributed by atoms with van der Waals surface area (Å²) in [4.78, 5) is 12.2. The summed E-state index contributed by atoms with van der Waals surface area (Å²) < 4.78 is 0. The maximum absolute atomic E-state index is 12.2. The van der Waals surface area contributed by atoms with Gasteiger partial charge in [-0.05, 0) is 37.8 Å². The van der Waals surface area contributed by atoms with Crippen LogP contribution in [-0.2, 0) is 6.42 Å². The Bertz CT molecular complexity index is 408. The van der Waals surface area contributed by atoms with Crippen molar-refractivity contribution in [1.82, 2.24) is 5.32 Å². The molecule has 0 radical (unpaired) electrons. The van der Waals surface area contributed by atoms with Crippen LogP contribution in [0.15, 0.2) is 24.3 Å². The zero-order valence-electron chi connectivity index (χ0n) is 11.4. The van der Waals surface area contributed by atoms with E-state index in [-0.39, 0.29) is 23.8 Å². The zero-order chi connectivity index (χ0) is 14.3. The molecule has 0 heterocycles. The van der Waals surface area contributed by atoms with E-state index in [0.29, 0.717) is 18.5 Å². The summed E-state index contributed by atoms with van der Waals surface area (Å²) in [7, 11) is 0. The number of nitrogens with one attached hydrogen (secondary N) is 1. The van der Waals surface area contributed by atoms with Crippen LogP contribution >= 0.6 is 11.8 Å². The minimum absolute atomic E-state index is 0.00520. The van der Waals surface area contributed by atoms with Crippen LogP contribution in [0.2, 0.25) is 0 Å². The van der Waals surface area contributed by atoms with Gasteiger partial charge >= 0.3 is 0 Å². The minimum Gasteiger partial charge on any atom is -0.395 e. The van der Waals surface area contributed by atoms with Crippen LogP contribution in [0.1, 0.15) is 22.8 Å². The first-order valence-electron chi connectivity index (χ1n) is 6.36. The number of carbonyl (C=O) groups is 1. The maximum atomic E-state index is 12.2. The molecule has 0 fully saturated rings. The molecule has 0 saturated heterocycles. The van der Waals surface area contributed by atoms with Gasteiger partial charge in [0.1, 0.15) is 0 Å². The monoisotopic (exact) mass is 282 g/mol. The number of hydrogen-bond donors (Lipinski definition) is 3. The minimum atomic E-state index is -0.107. The molecule has 4 nitrogen and oxygen atoms in total. The first-order chi connectivity index (χ1) is 9.13. The number of rotatable bonds is 7. The van der Waals surface area contributed by atoms with E-state index in [9.17, 15) is 9.90 Å². The third-order valence-corrected chi connectivity index (χ3v) is 4.24. The van der Waals surface area contributed by atoms with Crippen LogP contribution in [0.25, 0.3) is 0 Å². The smallest absolute Gasteiger partial charge is 0.251 e. The highest BCUT2D eigenvalue weighted by atomic mass is 32.2. The van der Waals surface area contributed by atoms with Crippen LogP contribution < -0.4 is 11.1 Å². The molecule has 1 rings (SSSR count). The van der Waals surface area contributed by atoms with E-state index in [1.807, 2.05) is 31.4 Å². The number of amides is 1. The lowest BCUT2D eigenvalue weighted by Gasteiger charge is -2.22. The lowest BCUT2D eigenvalue weighted by Crippen LogP contribution is -2.41. The lowest BCUT2D eigenvalue weighted by atomic mass is 10.0. The molecule has 0 aliphatic rings. The third kappa shape index (κ3) is 4.53. The van der Waals surface area contributed by atoms with Gasteiger partial charge in [0.25, 0.3) is 5.91 Å². The Morgan fingerprint density at radius 2 is 2.16 bits per heavy atom. The summed E-state index contributed by atoms with van der Waals surface area (Å²) in [5, 5.41) is 12.2. The highest BCUT2D eigenvalue weighted by Gasteiger charge is 2.19. The van der Waals surface area contributed by atoms with Gasteiger partial charge in [0.15, 0.2) is 0 Å². The van der Waals surface area contributed by atoms with E-state index < -0.39 is 0 Å². The fourth-order valence-electron chi connectivity index (χ4n) is 1.93. The van der Waals surface area contributed by atoms with E-state index in [0.717, 1.165) is 5.56 Å². The molecule has 1 amide bonds. The van der Waals surface area contributed by atoms with Crippen LogP contribution in [0.5, 0.6) is 0 Å². The Hall–Kier alpha value is -1.04. The van der Waals surface area contributed by atoms with Crippen molar-refractivity contribution in [2.24, 2.45) is 5.73 Å². The second-order valence-electron chi connectivity index (χ2n) is 4.41. The molecular formula is C14H22N2O2S. The summed E-state index contributed by atoms with van der Waals surface area (Å²) in [6.45, 7) is 2.47. The summed E-state index contributed by atoms with van der Waals surface area (Å²) >= 11 is 1.54. The van der Waals surface area contributed by atoms with Crippen molar-refractivity contribution in [3.05, 3.63) is 35.4 Å². The average molecular weight is 282 g/mol. The van der Waals surface area contributed by atoms with Crippen molar-refractivity contribution in [2.75, 3.05) is 19.4 Å². The Kier molecular flexibility index (Phi) is 6.91. The SMILES string of the molecule is CSC(CO)C(C)NC(=O)c1ccccc1CCN. The lowest BCUT2D eigenvalue weighted by molar-refractivity contribution is 0.0935. The molecule has 106 valence electrons. The highest BCUT2D eigenvalue weighted by Crippen LogP contribution is 2.13. The molecule has 1 aromatic rings. The fraction of sp³-hybridized carbons (Fsp3) is 0.500. The second kappa shape index (κ2) is 8.19. The predicted octanol–water partition coefficient (Wildman–Crippen LogP) is 1.03. The van der Waals surface area contributed by atoms with Crippen molar-refractivity contribution in [3.8, 4) is 0 Å². The summed E-state index contributed by atoms with van der Waals surface area (Å²) in [6, 6.07) is 7.39. The molecule has 5 heteroatoms. The molecule has 0 aromatic heterocycles. The van der Waals surface area contributed by atoms with Gasteiger partial charge in [-0.2, -0.15) is 11.8 Å². The van der Waals surface area contributed by atoms with Crippen LogP contribution in [-0.4, -0.2) is 41.7 Å². The van der Waals surface area contributed by atoms with E-state index in [4.69, 9.17) is 5.73 Å². The van der Waals surface area contributed by atoms with Crippen molar-refractivity contribution >= 4 is 17.7 Å². The van der Waals surface area contributed by atoms with Crippen LogP contribution in [0, 0.1) is 0 Å². The number of thioether (sulfide) groups is 1. The van der Waals surface area contributed by atoms with Crippen LogP contribution in [0.3, 0.4) is 0 Å². The number of hydrogen-bond acceptors (Lipinski definition) is 4. The zero-order valence-corrected chi connectivity index (χ0v) is 12.2. The molecule has 0 spiro atoms. The van der Waals surface area contributed by atoms with Crippen molar-refractivity contribution < 1.29 is 9.90 Å². The predicted molar refractivity (Wildman–Crippen MR) is 80.5 cm³/mol. The van der Waals surface area contributed by atoms with Crippen molar-refractivity contribution in [2.45, 2.75) is 24.6 Å². The van der Waals surface area contributed by atoms with Gasteiger partial charge < -0.3 is 16.2 Å². The first kappa shape index (κ1) is 16.0. The van der Waals surface area contributed by atoms with Gasteiger partial charge in [-0.15, -0.1) is 0 Å². The Morgan fingerprint density at radius 3 is 2.74 bits per heavy atom. The largest absolute Gasteiger partial charge is 0.395 e. The topological polar surface area (TPSA) is 75.3 Å². The number of carbonyl (C=O) groups excluding carboxylic acids is 1. The number of aliphatic hydroxyl groups is 1. The quantitative estimate of drug-likeness (QED) is 0.698. The Labute approximate surface area is 118 Å². The van der Waals surface area contributed by atoms with Gasteiger partial charge in [-0.3, -0.25) is 4.79 Å².